The van der Waals surface area contributed by atoms with E-state index in [-0.39, 0.29) is 5.91 Å². The number of nitrogens with zero attached hydrogens (tertiary/aromatic N) is 1. The van der Waals surface area contributed by atoms with Crippen molar-refractivity contribution in [1.82, 2.24) is 16.0 Å². The zero-order valence-corrected chi connectivity index (χ0v) is 16.6. The Hall–Kier alpha value is -2.47. The second-order valence-electron chi connectivity index (χ2n) is 6.07. The number of rotatable bonds is 9. The maximum Gasteiger partial charge on any atom is 0.287 e. The van der Waals surface area contributed by atoms with Gasteiger partial charge in [0, 0.05) is 36.8 Å². The van der Waals surface area contributed by atoms with Gasteiger partial charge in [0.05, 0.1) is 6.26 Å². The third kappa shape index (κ3) is 6.98. The third-order valence-electron chi connectivity index (χ3n) is 3.95. The van der Waals surface area contributed by atoms with E-state index in [4.69, 9.17) is 16.0 Å². The molecular formula is C20H27ClN4O2. The van der Waals surface area contributed by atoms with Gasteiger partial charge < -0.3 is 20.4 Å². The molecule has 27 heavy (non-hydrogen) atoms. The summed E-state index contributed by atoms with van der Waals surface area (Å²) >= 11 is 6.18. The molecule has 6 nitrogen and oxygen atoms in total. The number of amides is 1. The lowest BCUT2D eigenvalue weighted by atomic mass is 10.1. The lowest BCUT2D eigenvalue weighted by Gasteiger charge is -2.12. The van der Waals surface area contributed by atoms with Crippen molar-refractivity contribution in [2.75, 3.05) is 26.2 Å². The van der Waals surface area contributed by atoms with Crippen LogP contribution in [0.1, 0.15) is 35.0 Å². The van der Waals surface area contributed by atoms with Gasteiger partial charge >= 0.3 is 0 Å². The van der Waals surface area contributed by atoms with Crippen LogP contribution in [-0.2, 0) is 6.42 Å². The van der Waals surface area contributed by atoms with Gasteiger partial charge in [-0.1, -0.05) is 29.8 Å². The van der Waals surface area contributed by atoms with E-state index < -0.39 is 0 Å². The van der Waals surface area contributed by atoms with Crippen LogP contribution in [0.2, 0.25) is 5.02 Å². The van der Waals surface area contributed by atoms with E-state index in [1.807, 2.05) is 38.1 Å². The number of carbonyl (C=O) groups is 1. The summed E-state index contributed by atoms with van der Waals surface area (Å²) in [6.07, 6.45) is 3.08. The summed E-state index contributed by atoms with van der Waals surface area (Å²) in [5, 5.41) is 10.1. The molecule has 0 aliphatic heterocycles. The Bertz CT molecular complexity index is 758. The predicted octanol–water partition coefficient (Wildman–Crippen LogP) is 3.16. The molecule has 0 fully saturated rings. The first-order chi connectivity index (χ1) is 13.1. The summed E-state index contributed by atoms with van der Waals surface area (Å²) in [5.74, 6) is 0.942. The number of guanidine groups is 1. The fourth-order valence-electron chi connectivity index (χ4n) is 2.52. The fraction of sp³-hybridized carbons (Fsp3) is 0.400. The van der Waals surface area contributed by atoms with Crippen molar-refractivity contribution in [2.45, 2.75) is 26.7 Å². The second kappa shape index (κ2) is 11.3. The number of hydrogen-bond acceptors (Lipinski definition) is 3. The Morgan fingerprint density at radius 3 is 2.67 bits per heavy atom. The molecular weight excluding hydrogens is 364 g/mol. The number of furan rings is 1. The molecule has 1 aromatic carbocycles. The molecule has 0 atom stereocenters. The molecule has 0 aliphatic rings. The minimum atomic E-state index is -0.189. The molecule has 2 rings (SSSR count). The fourth-order valence-corrected chi connectivity index (χ4v) is 2.75. The van der Waals surface area contributed by atoms with E-state index in [0.29, 0.717) is 18.8 Å². The molecule has 0 bridgehead atoms. The Morgan fingerprint density at radius 2 is 1.96 bits per heavy atom. The van der Waals surface area contributed by atoms with Crippen molar-refractivity contribution in [3.63, 3.8) is 0 Å². The van der Waals surface area contributed by atoms with E-state index >= 15 is 0 Å². The average molecular weight is 391 g/mol. The topological polar surface area (TPSA) is 78.7 Å². The highest BCUT2D eigenvalue weighted by molar-refractivity contribution is 6.31. The Morgan fingerprint density at radius 1 is 1.15 bits per heavy atom. The molecule has 2 aromatic rings. The van der Waals surface area contributed by atoms with Gasteiger partial charge in [-0.25, -0.2) is 0 Å². The maximum atomic E-state index is 12.0. The Labute approximate surface area is 165 Å². The minimum absolute atomic E-state index is 0.189. The number of hydrogen-bond donors (Lipinski definition) is 3. The van der Waals surface area contributed by atoms with E-state index in [1.165, 1.54) is 6.26 Å². The summed E-state index contributed by atoms with van der Waals surface area (Å²) in [6.45, 7) is 6.55. The van der Waals surface area contributed by atoms with Crippen LogP contribution in [0.3, 0.4) is 0 Å². The molecule has 0 unspecified atom stereocenters. The molecule has 0 aliphatic carbocycles. The zero-order chi connectivity index (χ0) is 19.5. The number of benzene rings is 1. The van der Waals surface area contributed by atoms with Gasteiger partial charge in [-0.2, -0.15) is 0 Å². The second-order valence-corrected chi connectivity index (χ2v) is 6.48. The van der Waals surface area contributed by atoms with Gasteiger partial charge in [0.2, 0.25) is 0 Å². The van der Waals surface area contributed by atoms with Crippen LogP contribution in [0.15, 0.2) is 46.0 Å². The van der Waals surface area contributed by atoms with Gasteiger partial charge in [0.1, 0.15) is 0 Å². The van der Waals surface area contributed by atoms with Crippen molar-refractivity contribution in [3.8, 4) is 0 Å². The monoisotopic (exact) mass is 390 g/mol. The smallest absolute Gasteiger partial charge is 0.287 e. The van der Waals surface area contributed by atoms with Crippen LogP contribution in [0, 0.1) is 6.92 Å². The molecule has 1 aromatic heterocycles. The van der Waals surface area contributed by atoms with E-state index in [1.54, 1.807) is 6.07 Å². The summed E-state index contributed by atoms with van der Waals surface area (Å²) in [6, 6.07) is 9.61. The van der Waals surface area contributed by atoms with Gasteiger partial charge in [0.25, 0.3) is 5.91 Å². The third-order valence-corrected chi connectivity index (χ3v) is 4.32. The van der Waals surface area contributed by atoms with Crippen LogP contribution < -0.4 is 16.0 Å². The molecule has 0 saturated carbocycles. The number of aryl methyl sites for hydroxylation is 1. The largest absolute Gasteiger partial charge is 0.459 e. The number of aliphatic imine (C=N–C) groups is 1. The van der Waals surface area contributed by atoms with Crippen LogP contribution in [0.25, 0.3) is 0 Å². The van der Waals surface area contributed by atoms with Crippen LogP contribution >= 0.6 is 11.6 Å². The molecule has 1 heterocycles. The first-order valence-corrected chi connectivity index (χ1v) is 9.57. The summed E-state index contributed by atoms with van der Waals surface area (Å²) in [7, 11) is 0. The van der Waals surface area contributed by atoms with Gasteiger partial charge in [-0.3, -0.25) is 9.79 Å². The molecule has 0 radical (unpaired) electrons. The zero-order valence-electron chi connectivity index (χ0n) is 15.8. The van der Waals surface area contributed by atoms with Gasteiger partial charge in [-0.15, -0.1) is 0 Å². The lowest BCUT2D eigenvalue weighted by molar-refractivity contribution is 0.0925. The van der Waals surface area contributed by atoms with Crippen molar-refractivity contribution in [3.05, 3.63) is 58.5 Å². The van der Waals surface area contributed by atoms with Crippen LogP contribution in [0.4, 0.5) is 0 Å². The molecule has 0 saturated heterocycles. The molecule has 1 amide bonds. The normalized spacial score (nSPS) is 11.3. The first kappa shape index (κ1) is 20.8. The van der Waals surface area contributed by atoms with E-state index in [9.17, 15) is 4.79 Å². The van der Waals surface area contributed by atoms with Crippen LogP contribution in [0.5, 0.6) is 0 Å². The average Bonchev–Trinajstić information content (AvgIpc) is 3.09. The highest BCUT2D eigenvalue weighted by atomic mass is 35.5. The number of carbonyl (C=O) groups excluding carboxylic acids is 1. The maximum absolute atomic E-state index is 12.0. The summed E-state index contributed by atoms with van der Waals surface area (Å²) in [4.78, 5) is 16.5. The van der Waals surface area contributed by atoms with Gasteiger partial charge in [-0.05, 0) is 44.4 Å². The van der Waals surface area contributed by atoms with Crippen molar-refractivity contribution >= 4 is 23.5 Å². The van der Waals surface area contributed by atoms with E-state index in [0.717, 1.165) is 48.0 Å². The highest BCUT2D eigenvalue weighted by Crippen LogP contribution is 2.14. The van der Waals surface area contributed by atoms with Crippen LogP contribution in [-0.4, -0.2) is 38.0 Å². The van der Waals surface area contributed by atoms with Crippen molar-refractivity contribution in [2.24, 2.45) is 4.99 Å². The minimum Gasteiger partial charge on any atom is -0.459 e. The lowest BCUT2D eigenvalue weighted by Crippen LogP contribution is -2.38. The standard InChI is InChI=1S/C20H27ClN4O2/c1-3-22-20(25-13-9-16-7-4-5-8-17(16)21)24-12-6-11-23-19(26)18-15(2)10-14-27-18/h4-5,7-8,10,14H,3,6,9,11-13H2,1-2H3,(H,23,26)(H2,22,24,25). The first-order valence-electron chi connectivity index (χ1n) is 9.19. The molecule has 3 N–H and O–H groups in total. The highest BCUT2D eigenvalue weighted by Gasteiger charge is 2.11. The Kier molecular flexibility index (Phi) is 8.71. The molecule has 146 valence electrons. The SMILES string of the molecule is CCNC(=NCCCNC(=O)c1occc1C)NCCc1ccccc1Cl. The summed E-state index contributed by atoms with van der Waals surface area (Å²) in [5.41, 5.74) is 1.95. The van der Waals surface area contributed by atoms with E-state index in [2.05, 4.69) is 20.9 Å². The van der Waals surface area contributed by atoms with Crippen molar-refractivity contribution in [1.29, 1.82) is 0 Å². The molecule has 7 heteroatoms. The predicted molar refractivity (Wildman–Crippen MR) is 110 cm³/mol. The van der Waals surface area contributed by atoms with Gasteiger partial charge in [0.15, 0.2) is 11.7 Å². The quantitative estimate of drug-likeness (QED) is 0.349. The van der Waals surface area contributed by atoms with Crippen molar-refractivity contribution < 1.29 is 9.21 Å². The summed E-state index contributed by atoms with van der Waals surface area (Å²) < 4.78 is 5.17. The Balaban J connectivity index is 1.70. The number of nitrogens with one attached hydrogen (secondary N) is 3. The molecule has 0 spiro atoms. The number of halogens is 1.